The van der Waals surface area contributed by atoms with Gasteiger partial charge in [0.2, 0.25) is 17.7 Å². The number of aliphatic hydroxyl groups is 2. The molecular formula is C35H51N5O6. The first-order chi connectivity index (χ1) is 22.2. The van der Waals surface area contributed by atoms with E-state index in [1.165, 1.54) is 12.7 Å². The minimum atomic E-state index is -1.16. The molecule has 2 fully saturated rings. The number of aliphatic hydroxyl groups excluding tert-OH is 2. The number of rotatable bonds is 15. The third kappa shape index (κ3) is 11.1. The summed E-state index contributed by atoms with van der Waals surface area (Å²) in [7, 11) is 0. The van der Waals surface area contributed by atoms with Gasteiger partial charge in [0.25, 0.3) is 0 Å². The number of nitrogens with one attached hydrogen (secondary N) is 3. The van der Waals surface area contributed by atoms with Crippen LogP contribution in [0, 0.1) is 11.8 Å². The number of ether oxygens (including phenoxy) is 1. The summed E-state index contributed by atoms with van der Waals surface area (Å²) in [6.45, 7) is 5.76. The molecule has 3 amide bonds. The van der Waals surface area contributed by atoms with E-state index in [9.17, 15) is 24.6 Å². The van der Waals surface area contributed by atoms with Gasteiger partial charge in [0, 0.05) is 37.0 Å². The molecule has 1 aliphatic carbocycles. The second-order valence-corrected chi connectivity index (χ2v) is 13.1. The Morgan fingerprint density at radius 1 is 1.07 bits per heavy atom. The molecule has 0 bridgehead atoms. The molecule has 2 aliphatic rings. The van der Waals surface area contributed by atoms with Crippen LogP contribution in [0.3, 0.4) is 0 Å². The van der Waals surface area contributed by atoms with Crippen molar-refractivity contribution in [3.8, 4) is 0 Å². The molecule has 2 heterocycles. The molecule has 2 aromatic rings. The fourth-order valence-electron chi connectivity index (χ4n) is 6.35. The molecule has 0 spiro atoms. The summed E-state index contributed by atoms with van der Waals surface area (Å²) in [6, 6.07) is 7.55. The molecule has 1 aliphatic heterocycles. The van der Waals surface area contributed by atoms with Crippen molar-refractivity contribution in [1.82, 2.24) is 25.5 Å². The van der Waals surface area contributed by atoms with Crippen molar-refractivity contribution in [3.05, 3.63) is 59.7 Å². The number of H-pyrrole nitrogens is 1. The van der Waals surface area contributed by atoms with Gasteiger partial charge < -0.3 is 35.5 Å². The number of carbonyl (C=O) groups is 3. The number of nitrogens with zero attached hydrogens (tertiary/aromatic N) is 2. The van der Waals surface area contributed by atoms with E-state index in [2.05, 4.69) is 20.6 Å². The first kappa shape index (κ1) is 35.3. The van der Waals surface area contributed by atoms with Gasteiger partial charge in [-0.3, -0.25) is 14.4 Å². The van der Waals surface area contributed by atoms with E-state index in [0.29, 0.717) is 50.8 Å². The van der Waals surface area contributed by atoms with Crippen LogP contribution in [0.1, 0.15) is 76.5 Å². The predicted octanol–water partition coefficient (Wildman–Crippen LogP) is 2.99. The Morgan fingerprint density at radius 3 is 2.43 bits per heavy atom. The second-order valence-electron chi connectivity index (χ2n) is 13.1. The summed E-state index contributed by atoms with van der Waals surface area (Å²) in [5, 5.41) is 28.0. The predicted molar refractivity (Wildman–Crippen MR) is 175 cm³/mol. The molecule has 5 N–H and O–H groups in total. The van der Waals surface area contributed by atoms with Gasteiger partial charge in [-0.1, -0.05) is 76.3 Å². The van der Waals surface area contributed by atoms with Gasteiger partial charge in [0.05, 0.1) is 38.1 Å². The average Bonchev–Trinajstić information content (AvgIpc) is 3.57. The topological polar surface area (TPSA) is 157 Å². The summed E-state index contributed by atoms with van der Waals surface area (Å²) in [5.74, 6) is -0.706. The van der Waals surface area contributed by atoms with Gasteiger partial charge in [-0.05, 0) is 36.3 Å². The lowest BCUT2D eigenvalue weighted by molar-refractivity contribution is -0.135. The molecule has 1 saturated heterocycles. The lowest BCUT2D eigenvalue weighted by Gasteiger charge is -2.33. The first-order valence-electron chi connectivity index (χ1n) is 16.7. The van der Waals surface area contributed by atoms with Crippen LogP contribution in [0.15, 0.2) is 48.4 Å². The van der Waals surface area contributed by atoms with Gasteiger partial charge in [-0.25, -0.2) is 4.98 Å². The van der Waals surface area contributed by atoms with Crippen LogP contribution in [0.25, 0.3) is 6.08 Å². The van der Waals surface area contributed by atoms with E-state index in [1.54, 1.807) is 17.2 Å². The van der Waals surface area contributed by atoms with Crippen LogP contribution in [-0.2, 0) is 25.5 Å². The Labute approximate surface area is 272 Å². The number of benzene rings is 1. The fraction of sp³-hybridized carbons (Fsp3) is 0.600. The third-order valence-electron chi connectivity index (χ3n) is 8.90. The highest BCUT2D eigenvalue weighted by atomic mass is 16.5. The van der Waals surface area contributed by atoms with Gasteiger partial charge in [0.1, 0.15) is 12.1 Å². The Bertz CT molecular complexity index is 1260. The van der Waals surface area contributed by atoms with Crippen LogP contribution in [-0.4, -0.2) is 93.4 Å². The summed E-state index contributed by atoms with van der Waals surface area (Å²) in [5.41, 5.74) is 1.63. The SMILES string of the molecule is CC(C)C[C@H](O)[C@H](O)[C@H](CC1CCCCC1)NC(=O)[C@H](Cc1cnc[nH]1)NC(=O)/C(=C/c1ccccc1)CC(=O)N1CCOCC1. The van der Waals surface area contributed by atoms with Crippen LogP contribution < -0.4 is 10.6 Å². The molecule has 252 valence electrons. The second kappa shape index (κ2) is 18.0. The summed E-state index contributed by atoms with van der Waals surface area (Å²) < 4.78 is 5.38. The molecule has 4 rings (SSSR count). The van der Waals surface area contributed by atoms with E-state index in [4.69, 9.17) is 4.74 Å². The van der Waals surface area contributed by atoms with Gasteiger partial charge in [-0.2, -0.15) is 0 Å². The lowest BCUT2D eigenvalue weighted by Crippen LogP contribution is -2.56. The Kier molecular flexibility index (Phi) is 13.8. The largest absolute Gasteiger partial charge is 0.390 e. The highest BCUT2D eigenvalue weighted by Gasteiger charge is 2.34. The number of morpholine rings is 1. The minimum Gasteiger partial charge on any atom is -0.390 e. The molecule has 1 aromatic heterocycles. The average molecular weight is 638 g/mol. The Morgan fingerprint density at radius 2 is 1.78 bits per heavy atom. The van der Waals surface area contributed by atoms with E-state index in [-0.39, 0.29) is 30.2 Å². The normalized spacial score (nSPS) is 18.9. The maximum Gasteiger partial charge on any atom is 0.248 e. The van der Waals surface area contributed by atoms with Crippen molar-refractivity contribution in [2.75, 3.05) is 26.3 Å². The van der Waals surface area contributed by atoms with Crippen LogP contribution in [0.5, 0.6) is 0 Å². The number of carbonyl (C=O) groups excluding carboxylic acids is 3. The molecule has 0 unspecified atom stereocenters. The van der Waals surface area contributed by atoms with Crippen molar-refractivity contribution in [2.45, 2.75) is 95.9 Å². The van der Waals surface area contributed by atoms with Crippen LogP contribution >= 0.6 is 0 Å². The maximum absolute atomic E-state index is 14.0. The zero-order valence-corrected chi connectivity index (χ0v) is 27.2. The van der Waals surface area contributed by atoms with Gasteiger partial charge >= 0.3 is 0 Å². The van der Waals surface area contributed by atoms with Crippen molar-refractivity contribution >= 4 is 23.8 Å². The quantitative estimate of drug-likeness (QED) is 0.188. The number of aromatic amines is 1. The van der Waals surface area contributed by atoms with Crippen molar-refractivity contribution in [2.24, 2.45) is 11.8 Å². The van der Waals surface area contributed by atoms with Gasteiger partial charge in [0.15, 0.2) is 0 Å². The molecule has 1 aromatic carbocycles. The van der Waals surface area contributed by atoms with Crippen molar-refractivity contribution in [1.29, 1.82) is 0 Å². The number of hydrogen-bond donors (Lipinski definition) is 5. The van der Waals surface area contributed by atoms with Crippen LogP contribution in [0.2, 0.25) is 0 Å². The Balaban J connectivity index is 1.56. The molecule has 11 heteroatoms. The number of hydrogen-bond acceptors (Lipinski definition) is 7. The van der Waals surface area contributed by atoms with E-state index in [0.717, 1.165) is 31.2 Å². The number of imidazole rings is 1. The van der Waals surface area contributed by atoms with Crippen molar-refractivity contribution in [3.63, 3.8) is 0 Å². The first-order valence-corrected chi connectivity index (χ1v) is 16.7. The highest BCUT2D eigenvalue weighted by Crippen LogP contribution is 2.29. The summed E-state index contributed by atoms with van der Waals surface area (Å²) in [6.07, 6.45) is 8.96. The smallest absolute Gasteiger partial charge is 0.248 e. The molecule has 46 heavy (non-hydrogen) atoms. The van der Waals surface area contributed by atoms with E-state index >= 15 is 0 Å². The lowest BCUT2D eigenvalue weighted by atomic mass is 9.82. The fourth-order valence-corrected chi connectivity index (χ4v) is 6.35. The number of aromatic nitrogens is 2. The third-order valence-corrected chi connectivity index (χ3v) is 8.90. The Hall–Kier alpha value is -3.54. The highest BCUT2D eigenvalue weighted by molar-refractivity contribution is 6.04. The molecule has 0 radical (unpaired) electrons. The van der Waals surface area contributed by atoms with E-state index in [1.807, 2.05) is 44.2 Å². The van der Waals surface area contributed by atoms with Gasteiger partial charge in [-0.15, -0.1) is 0 Å². The molecular weight excluding hydrogens is 586 g/mol. The van der Waals surface area contributed by atoms with E-state index < -0.39 is 36.1 Å². The molecule has 1 saturated carbocycles. The van der Waals surface area contributed by atoms with Crippen LogP contribution in [0.4, 0.5) is 0 Å². The molecule has 4 atom stereocenters. The standard InChI is InChI=1S/C35H51N5O6/c1-24(2)17-31(41)33(43)29(19-26-11-7-4-8-12-26)38-35(45)30(21-28-22-36-23-37-28)39-34(44)27(18-25-9-5-3-6-10-25)20-32(42)40-13-15-46-16-14-40/h3,5-6,9-10,18,22-24,26,29-31,33,41,43H,4,7-8,11-17,19-21H2,1-2H3,(H,36,37)(H,38,45)(H,39,44)/b27-18+/t29-,30-,31-,33+/m0/s1. The summed E-state index contributed by atoms with van der Waals surface area (Å²) in [4.78, 5) is 49.9. The maximum atomic E-state index is 14.0. The van der Waals surface area contributed by atoms with Crippen molar-refractivity contribution < 1.29 is 29.3 Å². The monoisotopic (exact) mass is 637 g/mol. The zero-order valence-electron chi connectivity index (χ0n) is 27.2. The number of amides is 3. The minimum absolute atomic E-state index is 0.119. The summed E-state index contributed by atoms with van der Waals surface area (Å²) >= 11 is 0. The molecule has 11 nitrogen and oxygen atoms in total. The zero-order chi connectivity index (χ0) is 32.9.